The molecule has 0 unspecified atom stereocenters. The van der Waals surface area contributed by atoms with Gasteiger partial charge < -0.3 is 15.3 Å². The standard InChI is InChI=1S/C18H23N3O3/c1-12(10-13-2-3-13)17(22)20-15-5-8-21(9-6-15)16-11-14(18(23)24)4-7-19-16/h4,7,10-11,13,15H,2-3,5-6,8-9H2,1H3,(H,20,22)(H,23,24)/b12-10+. The number of rotatable bonds is 5. The Hall–Kier alpha value is -2.37. The maximum Gasteiger partial charge on any atom is 0.335 e. The van der Waals surface area contributed by atoms with E-state index in [0.717, 1.165) is 31.5 Å². The second-order valence-electron chi connectivity index (χ2n) is 6.63. The van der Waals surface area contributed by atoms with Gasteiger partial charge in [-0.05, 0) is 50.7 Å². The molecule has 1 saturated heterocycles. The molecule has 3 rings (SSSR count). The lowest BCUT2D eigenvalue weighted by Gasteiger charge is -2.33. The molecular formula is C18H23N3O3. The zero-order chi connectivity index (χ0) is 17.1. The summed E-state index contributed by atoms with van der Waals surface area (Å²) >= 11 is 0. The maximum atomic E-state index is 12.2. The third-order valence-corrected chi connectivity index (χ3v) is 4.61. The SMILES string of the molecule is C/C(=C\C1CC1)C(=O)NC1CCN(c2cc(C(=O)O)ccn2)CC1. The molecule has 1 aliphatic carbocycles. The summed E-state index contributed by atoms with van der Waals surface area (Å²) in [7, 11) is 0. The molecule has 6 nitrogen and oxygen atoms in total. The number of pyridine rings is 1. The van der Waals surface area contributed by atoms with Crippen LogP contribution in [0.2, 0.25) is 0 Å². The highest BCUT2D eigenvalue weighted by Crippen LogP contribution is 2.31. The quantitative estimate of drug-likeness (QED) is 0.810. The van der Waals surface area contributed by atoms with Crippen LogP contribution in [0.1, 0.15) is 43.0 Å². The third kappa shape index (κ3) is 4.13. The molecule has 24 heavy (non-hydrogen) atoms. The van der Waals surface area contributed by atoms with Gasteiger partial charge in [0.25, 0.3) is 0 Å². The predicted molar refractivity (Wildman–Crippen MR) is 91.1 cm³/mol. The summed E-state index contributed by atoms with van der Waals surface area (Å²) in [6.07, 6.45) is 7.67. The lowest BCUT2D eigenvalue weighted by molar-refractivity contribution is -0.118. The second-order valence-corrected chi connectivity index (χ2v) is 6.63. The Morgan fingerprint density at radius 1 is 1.29 bits per heavy atom. The number of anilines is 1. The number of hydrogen-bond acceptors (Lipinski definition) is 4. The van der Waals surface area contributed by atoms with E-state index >= 15 is 0 Å². The van der Waals surface area contributed by atoms with Crippen molar-refractivity contribution in [3.63, 3.8) is 0 Å². The number of aromatic nitrogens is 1. The van der Waals surface area contributed by atoms with Crippen LogP contribution >= 0.6 is 0 Å². The van der Waals surface area contributed by atoms with Crippen molar-refractivity contribution in [3.8, 4) is 0 Å². The van der Waals surface area contributed by atoms with Gasteiger partial charge in [0.15, 0.2) is 0 Å². The van der Waals surface area contributed by atoms with Crippen molar-refractivity contribution < 1.29 is 14.7 Å². The number of amides is 1. The van der Waals surface area contributed by atoms with Gasteiger partial charge in [-0.3, -0.25) is 4.79 Å². The van der Waals surface area contributed by atoms with Crippen LogP contribution in [-0.4, -0.2) is 41.1 Å². The van der Waals surface area contributed by atoms with E-state index in [9.17, 15) is 9.59 Å². The number of nitrogens with zero attached hydrogens (tertiary/aromatic N) is 2. The Balaban J connectivity index is 1.53. The number of piperidine rings is 1. The normalized spacial score (nSPS) is 19.2. The van der Waals surface area contributed by atoms with E-state index in [1.165, 1.54) is 25.1 Å². The highest BCUT2D eigenvalue weighted by Gasteiger charge is 2.24. The summed E-state index contributed by atoms with van der Waals surface area (Å²) in [6, 6.07) is 3.26. The highest BCUT2D eigenvalue weighted by molar-refractivity contribution is 5.93. The van der Waals surface area contributed by atoms with Crippen LogP contribution in [-0.2, 0) is 4.79 Å². The molecule has 1 saturated carbocycles. The fourth-order valence-corrected chi connectivity index (χ4v) is 2.97. The van der Waals surface area contributed by atoms with Crippen LogP contribution in [0, 0.1) is 5.92 Å². The van der Waals surface area contributed by atoms with Crippen molar-refractivity contribution in [2.75, 3.05) is 18.0 Å². The molecule has 2 aliphatic rings. The number of hydrogen-bond donors (Lipinski definition) is 2. The zero-order valence-electron chi connectivity index (χ0n) is 13.9. The Bertz CT molecular complexity index is 659. The lowest BCUT2D eigenvalue weighted by atomic mass is 10.0. The van der Waals surface area contributed by atoms with Crippen LogP contribution in [0.15, 0.2) is 30.0 Å². The molecule has 1 aromatic heterocycles. The van der Waals surface area contributed by atoms with Crippen LogP contribution in [0.4, 0.5) is 5.82 Å². The van der Waals surface area contributed by atoms with Gasteiger partial charge in [-0.25, -0.2) is 9.78 Å². The van der Waals surface area contributed by atoms with Crippen LogP contribution in [0.3, 0.4) is 0 Å². The van der Waals surface area contributed by atoms with E-state index in [-0.39, 0.29) is 17.5 Å². The number of allylic oxidation sites excluding steroid dienone is 1. The second kappa shape index (κ2) is 7.03. The third-order valence-electron chi connectivity index (χ3n) is 4.61. The first-order valence-corrected chi connectivity index (χ1v) is 8.46. The van der Waals surface area contributed by atoms with Crippen LogP contribution in [0.5, 0.6) is 0 Å². The molecule has 128 valence electrons. The van der Waals surface area contributed by atoms with Crippen molar-refractivity contribution in [3.05, 3.63) is 35.5 Å². The molecule has 0 spiro atoms. The molecule has 1 aromatic rings. The first kappa shape index (κ1) is 16.5. The summed E-state index contributed by atoms with van der Waals surface area (Å²) in [5.41, 5.74) is 1.06. The minimum absolute atomic E-state index is 0.0337. The van der Waals surface area contributed by atoms with Gasteiger partial charge in [0.1, 0.15) is 5.82 Å². The smallest absolute Gasteiger partial charge is 0.335 e. The van der Waals surface area contributed by atoms with E-state index in [4.69, 9.17) is 5.11 Å². The van der Waals surface area contributed by atoms with Crippen LogP contribution < -0.4 is 10.2 Å². The van der Waals surface area contributed by atoms with Crippen molar-refractivity contribution in [1.82, 2.24) is 10.3 Å². The number of carbonyl (C=O) groups excluding carboxylic acids is 1. The Labute approximate surface area is 141 Å². The largest absolute Gasteiger partial charge is 0.478 e. The molecule has 0 bridgehead atoms. The van der Waals surface area contributed by atoms with Gasteiger partial charge in [-0.15, -0.1) is 0 Å². The molecule has 1 amide bonds. The molecule has 2 heterocycles. The Morgan fingerprint density at radius 3 is 2.62 bits per heavy atom. The van der Waals surface area contributed by atoms with Gasteiger partial charge in [-0.2, -0.15) is 0 Å². The number of aromatic carboxylic acids is 1. The fourth-order valence-electron chi connectivity index (χ4n) is 2.97. The van der Waals surface area contributed by atoms with Gasteiger partial charge in [0, 0.05) is 30.9 Å². The van der Waals surface area contributed by atoms with E-state index in [1.54, 1.807) is 6.07 Å². The number of nitrogens with one attached hydrogen (secondary N) is 1. The van der Waals surface area contributed by atoms with Crippen molar-refractivity contribution in [1.29, 1.82) is 0 Å². The molecule has 0 radical (unpaired) electrons. The summed E-state index contributed by atoms with van der Waals surface area (Å²) in [5.74, 6) is 0.375. The lowest BCUT2D eigenvalue weighted by Crippen LogP contribution is -2.45. The highest BCUT2D eigenvalue weighted by atomic mass is 16.4. The van der Waals surface area contributed by atoms with Crippen LogP contribution in [0.25, 0.3) is 0 Å². The fraction of sp³-hybridized carbons (Fsp3) is 0.500. The molecular weight excluding hydrogens is 306 g/mol. The summed E-state index contributed by atoms with van der Waals surface area (Å²) < 4.78 is 0. The summed E-state index contributed by atoms with van der Waals surface area (Å²) in [4.78, 5) is 29.6. The zero-order valence-corrected chi connectivity index (χ0v) is 13.9. The van der Waals surface area contributed by atoms with Gasteiger partial charge in [0.2, 0.25) is 5.91 Å². The molecule has 2 N–H and O–H groups in total. The molecule has 0 aromatic carbocycles. The minimum atomic E-state index is -0.946. The van der Waals surface area contributed by atoms with Gasteiger partial charge >= 0.3 is 5.97 Å². The van der Waals surface area contributed by atoms with E-state index < -0.39 is 5.97 Å². The number of carboxylic acids is 1. The molecule has 6 heteroatoms. The summed E-state index contributed by atoms with van der Waals surface area (Å²) in [6.45, 7) is 3.39. The molecule has 2 fully saturated rings. The van der Waals surface area contributed by atoms with Gasteiger partial charge in [0.05, 0.1) is 5.56 Å². The molecule has 1 aliphatic heterocycles. The average Bonchev–Trinajstić information content (AvgIpc) is 3.39. The Morgan fingerprint density at radius 2 is 2.00 bits per heavy atom. The van der Waals surface area contributed by atoms with Gasteiger partial charge in [-0.1, -0.05) is 6.08 Å². The predicted octanol–water partition coefficient (Wildman–Crippen LogP) is 2.22. The maximum absolute atomic E-state index is 12.2. The number of carboxylic acid groups (broad SMARTS) is 1. The monoisotopic (exact) mass is 329 g/mol. The van der Waals surface area contributed by atoms with Crippen molar-refractivity contribution >= 4 is 17.7 Å². The Kier molecular flexibility index (Phi) is 4.83. The van der Waals surface area contributed by atoms with E-state index in [2.05, 4.69) is 21.3 Å². The van der Waals surface area contributed by atoms with Crippen molar-refractivity contribution in [2.24, 2.45) is 5.92 Å². The first-order chi connectivity index (χ1) is 11.5. The molecule has 0 atom stereocenters. The average molecular weight is 329 g/mol. The topological polar surface area (TPSA) is 82.5 Å². The van der Waals surface area contributed by atoms with E-state index in [1.807, 2.05) is 6.92 Å². The van der Waals surface area contributed by atoms with Crippen molar-refractivity contribution in [2.45, 2.75) is 38.6 Å². The summed E-state index contributed by atoms with van der Waals surface area (Å²) in [5, 5.41) is 12.2. The number of carbonyl (C=O) groups is 2. The first-order valence-electron chi connectivity index (χ1n) is 8.46. The minimum Gasteiger partial charge on any atom is -0.478 e. The van der Waals surface area contributed by atoms with E-state index in [0.29, 0.717) is 11.7 Å².